The standard InChI is InChI=1S/C24H37N5O2/c1-20-16-21(2)29(25-20)14-15-31-23-6-4-22(5-7-23)17-28-9-8-24(30,19-28)18-27-12-10-26(3)11-13-27/h4-7,16,30H,8-15,17-19H2,1-3H3. The monoisotopic (exact) mass is 427 g/mol. The van der Waals surface area contributed by atoms with Crippen molar-refractivity contribution in [2.45, 2.75) is 39.0 Å². The van der Waals surface area contributed by atoms with E-state index in [0.29, 0.717) is 6.61 Å². The van der Waals surface area contributed by atoms with Gasteiger partial charge in [-0.3, -0.25) is 14.5 Å². The molecule has 2 aliphatic heterocycles. The molecule has 0 aliphatic carbocycles. The van der Waals surface area contributed by atoms with Gasteiger partial charge >= 0.3 is 0 Å². The first-order chi connectivity index (χ1) is 14.9. The molecule has 1 unspecified atom stereocenters. The van der Waals surface area contributed by atoms with Crippen molar-refractivity contribution >= 4 is 0 Å². The summed E-state index contributed by atoms with van der Waals surface area (Å²) in [5.41, 5.74) is 2.88. The first-order valence-electron chi connectivity index (χ1n) is 11.5. The minimum atomic E-state index is -0.581. The number of β-amino-alcohol motifs (C(OH)–C–C–N with tert-alkyl or cyclic N) is 1. The van der Waals surface area contributed by atoms with Gasteiger partial charge in [0.2, 0.25) is 0 Å². The van der Waals surface area contributed by atoms with Gasteiger partial charge in [0, 0.05) is 58.1 Å². The molecule has 2 fully saturated rings. The van der Waals surface area contributed by atoms with Crippen molar-refractivity contribution in [2.75, 3.05) is 59.5 Å². The maximum Gasteiger partial charge on any atom is 0.119 e. The molecule has 2 saturated heterocycles. The minimum Gasteiger partial charge on any atom is -0.492 e. The van der Waals surface area contributed by atoms with Crippen molar-refractivity contribution in [1.82, 2.24) is 24.5 Å². The van der Waals surface area contributed by atoms with Crippen LogP contribution in [0.1, 0.15) is 23.4 Å². The average molecular weight is 428 g/mol. The van der Waals surface area contributed by atoms with E-state index in [0.717, 1.165) is 82.5 Å². The maximum atomic E-state index is 11.1. The fourth-order valence-corrected chi connectivity index (χ4v) is 4.73. The largest absolute Gasteiger partial charge is 0.492 e. The van der Waals surface area contributed by atoms with Gasteiger partial charge in [0.1, 0.15) is 12.4 Å². The van der Waals surface area contributed by atoms with Gasteiger partial charge in [0.05, 0.1) is 17.8 Å². The lowest BCUT2D eigenvalue weighted by atomic mass is 10.0. The lowest BCUT2D eigenvalue weighted by Crippen LogP contribution is -2.51. The lowest BCUT2D eigenvalue weighted by Gasteiger charge is -2.36. The Morgan fingerprint density at radius 3 is 2.45 bits per heavy atom. The van der Waals surface area contributed by atoms with E-state index in [1.165, 1.54) is 5.56 Å². The first kappa shape index (κ1) is 22.3. The normalized spacial score (nSPS) is 23.5. The molecule has 3 heterocycles. The highest BCUT2D eigenvalue weighted by molar-refractivity contribution is 5.27. The lowest BCUT2D eigenvalue weighted by molar-refractivity contribution is -0.000370. The Morgan fingerprint density at radius 2 is 1.77 bits per heavy atom. The summed E-state index contributed by atoms with van der Waals surface area (Å²) in [6.45, 7) is 13.1. The number of piperazine rings is 1. The minimum absolute atomic E-state index is 0.581. The Kier molecular flexibility index (Phi) is 6.96. The van der Waals surface area contributed by atoms with Crippen LogP contribution in [0.15, 0.2) is 30.3 Å². The molecule has 1 N–H and O–H groups in total. The van der Waals surface area contributed by atoms with E-state index < -0.39 is 5.60 Å². The molecule has 2 aliphatic rings. The van der Waals surface area contributed by atoms with Gasteiger partial charge in [0.25, 0.3) is 0 Å². The fourth-order valence-electron chi connectivity index (χ4n) is 4.73. The van der Waals surface area contributed by atoms with Crippen molar-refractivity contribution in [2.24, 2.45) is 0 Å². The molecular formula is C24H37N5O2. The van der Waals surface area contributed by atoms with Crippen molar-refractivity contribution in [1.29, 1.82) is 0 Å². The molecular weight excluding hydrogens is 390 g/mol. The summed E-state index contributed by atoms with van der Waals surface area (Å²) in [6, 6.07) is 10.4. The molecule has 170 valence electrons. The van der Waals surface area contributed by atoms with E-state index in [2.05, 4.69) is 52.0 Å². The van der Waals surface area contributed by atoms with E-state index in [1.54, 1.807) is 0 Å². The van der Waals surface area contributed by atoms with Crippen LogP contribution in [0.5, 0.6) is 5.75 Å². The summed E-state index contributed by atoms with van der Waals surface area (Å²) in [7, 11) is 2.17. The second-order valence-corrected chi connectivity index (χ2v) is 9.41. The van der Waals surface area contributed by atoms with Crippen LogP contribution in [0.25, 0.3) is 0 Å². The van der Waals surface area contributed by atoms with Crippen molar-refractivity contribution in [3.05, 3.63) is 47.3 Å². The molecule has 1 aromatic carbocycles. The van der Waals surface area contributed by atoms with Gasteiger partial charge in [0.15, 0.2) is 0 Å². The summed E-state index contributed by atoms with van der Waals surface area (Å²) in [5, 5.41) is 15.6. The SMILES string of the molecule is Cc1cc(C)n(CCOc2ccc(CN3CCC(O)(CN4CCN(C)CC4)C3)cc2)n1. The number of likely N-dealkylation sites (tertiary alicyclic amines) is 1. The van der Waals surface area contributed by atoms with Crippen LogP contribution in [0.2, 0.25) is 0 Å². The number of hydrogen-bond acceptors (Lipinski definition) is 6. The Labute approximate surface area is 186 Å². The highest BCUT2D eigenvalue weighted by atomic mass is 16.5. The van der Waals surface area contributed by atoms with Crippen molar-refractivity contribution in [3.8, 4) is 5.75 Å². The first-order valence-corrected chi connectivity index (χ1v) is 11.5. The number of aliphatic hydroxyl groups is 1. The third kappa shape index (κ3) is 6.07. The molecule has 1 aromatic heterocycles. The Hall–Kier alpha value is -1.93. The average Bonchev–Trinajstić information content (AvgIpc) is 3.26. The van der Waals surface area contributed by atoms with Crippen LogP contribution < -0.4 is 4.74 Å². The highest BCUT2D eigenvalue weighted by Gasteiger charge is 2.37. The number of nitrogens with zero attached hydrogens (tertiary/aromatic N) is 5. The molecule has 4 rings (SSSR count). The van der Waals surface area contributed by atoms with Gasteiger partial charge in [-0.25, -0.2) is 0 Å². The number of ether oxygens (including phenoxy) is 1. The Balaban J connectivity index is 1.21. The van der Waals surface area contributed by atoms with E-state index >= 15 is 0 Å². The van der Waals surface area contributed by atoms with Gasteiger partial charge in [-0.2, -0.15) is 5.10 Å². The topological polar surface area (TPSA) is 57.0 Å². The summed E-state index contributed by atoms with van der Waals surface area (Å²) in [5.74, 6) is 0.887. The highest BCUT2D eigenvalue weighted by Crippen LogP contribution is 2.25. The van der Waals surface area contributed by atoms with Crippen molar-refractivity contribution in [3.63, 3.8) is 0 Å². The van der Waals surface area contributed by atoms with E-state index in [1.807, 2.05) is 23.7 Å². The predicted molar refractivity (Wildman–Crippen MR) is 122 cm³/mol. The van der Waals surface area contributed by atoms with Gasteiger partial charge < -0.3 is 14.7 Å². The third-order valence-electron chi connectivity index (χ3n) is 6.53. The smallest absolute Gasteiger partial charge is 0.119 e. The zero-order valence-corrected chi connectivity index (χ0v) is 19.3. The third-order valence-corrected chi connectivity index (χ3v) is 6.53. The van der Waals surface area contributed by atoms with Crippen LogP contribution in [-0.2, 0) is 13.1 Å². The molecule has 31 heavy (non-hydrogen) atoms. The molecule has 0 radical (unpaired) electrons. The van der Waals surface area contributed by atoms with E-state index in [-0.39, 0.29) is 0 Å². The van der Waals surface area contributed by atoms with Crippen LogP contribution in [-0.4, -0.2) is 94.7 Å². The van der Waals surface area contributed by atoms with Crippen molar-refractivity contribution < 1.29 is 9.84 Å². The number of benzene rings is 1. The predicted octanol–water partition coefficient (Wildman–Crippen LogP) is 1.76. The number of hydrogen-bond donors (Lipinski definition) is 1. The molecule has 0 saturated carbocycles. The van der Waals surface area contributed by atoms with Gasteiger partial charge in [-0.1, -0.05) is 12.1 Å². The number of aromatic nitrogens is 2. The summed E-state index contributed by atoms with van der Waals surface area (Å²) < 4.78 is 7.89. The second kappa shape index (κ2) is 9.69. The second-order valence-electron chi connectivity index (χ2n) is 9.41. The fraction of sp³-hybridized carbons (Fsp3) is 0.625. The molecule has 0 spiro atoms. The Bertz CT molecular complexity index is 844. The summed E-state index contributed by atoms with van der Waals surface area (Å²) in [6.07, 6.45) is 0.854. The molecule has 0 bridgehead atoms. The van der Waals surface area contributed by atoms with E-state index in [9.17, 15) is 5.11 Å². The van der Waals surface area contributed by atoms with Crippen LogP contribution >= 0.6 is 0 Å². The number of rotatable bonds is 8. The van der Waals surface area contributed by atoms with Crippen LogP contribution in [0.4, 0.5) is 0 Å². The maximum absolute atomic E-state index is 11.1. The van der Waals surface area contributed by atoms with Gasteiger partial charge in [-0.15, -0.1) is 0 Å². The molecule has 1 atom stereocenters. The Morgan fingerprint density at radius 1 is 1.03 bits per heavy atom. The quantitative estimate of drug-likeness (QED) is 0.693. The number of likely N-dealkylation sites (N-methyl/N-ethyl adjacent to an activating group) is 1. The molecule has 2 aromatic rings. The molecule has 7 heteroatoms. The summed E-state index contributed by atoms with van der Waals surface area (Å²) >= 11 is 0. The van der Waals surface area contributed by atoms with Gasteiger partial charge in [-0.05, 0) is 51.1 Å². The van der Waals surface area contributed by atoms with Crippen LogP contribution in [0.3, 0.4) is 0 Å². The zero-order valence-electron chi connectivity index (χ0n) is 19.3. The molecule has 0 amide bonds. The summed E-state index contributed by atoms with van der Waals surface area (Å²) in [4.78, 5) is 7.14. The van der Waals surface area contributed by atoms with Crippen LogP contribution in [0, 0.1) is 13.8 Å². The number of aryl methyl sites for hydroxylation is 2. The zero-order chi connectivity index (χ0) is 21.8. The van der Waals surface area contributed by atoms with E-state index in [4.69, 9.17) is 4.74 Å². The molecule has 7 nitrogen and oxygen atoms in total.